The zero-order chi connectivity index (χ0) is 10.4. The Morgan fingerprint density at radius 2 is 2.27 bits per heavy atom. The maximum atomic E-state index is 12.1. The van der Waals surface area contributed by atoms with E-state index in [9.17, 15) is 4.79 Å². The molecule has 1 N–H and O–H groups in total. The molecule has 2 aliphatic rings. The van der Waals surface area contributed by atoms with Crippen molar-refractivity contribution < 1.29 is 9.53 Å². The number of fused-ring (bicyclic) bond motifs is 1. The number of carbonyl (C=O) groups is 1. The summed E-state index contributed by atoms with van der Waals surface area (Å²) in [5.74, 6) is 2.61. The molecule has 80 valence electrons. The number of hydrogen-bond acceptors (Lipinski definition) is 4. The van der Waals surface area contributed by atoms with Crippen LogP contribution in [0.1, 0.15) is 9.67 Å². The molecule has 2 unspecified atom stereocenters. The molecule has 1 aromatic rings. The van der Waals surface area contributed by atoms with E-state index in [4.69, 9.17) is 4.74 Å². The third kappa shape index (κ3) is 1.40. The second-order valence-corrected chi connectivity index (χ2v) is 5.14. The molecular formula is C11H13NO2S. The predicted molar refractivity (Wildman–Crippen MR) is 58.5 cm³/mol. The minimum Gasteiger partial charge on any atom is -0.496 e. The molecule has 0 amide bonds. The highest BCUT2D eigenvalue weighted by molar-refractivity contribution is 7.12. The zero-order valence-corrected chi connectivity index (χ0v) is 9.34. The van der Waals surface area contributed by atoms with Gasteiger partial charge in [-0.15, -0.1) is 11.3 Å². The Hall–Kier alpha value is -0.870. The van der Waals surface area contributed by atoms with E-state index < -0.39 is 0 Å². The third-order valence-electron chi connectivity index (χ3n) is 3.45. The smallest absolute Gasteiger partial charge is 0.176 e. The number of carbonyl (C=O) groups excluding carboxylic acids is 1. The van der Waals surface area contributed by atoms with Crippen molar-refractivity contribution in [1.29, 1.82) is 0 Å². The average molecular weight is 223 g/mol. The van der Waals surface area contributed by atoms with Crippen LogP contribution < -0.4 is 10.1 Å². The Morgan fingerprint density at radius 1 is 1.53 bits per heavy atom. The van der Waals surface area contributed by atoms with Crippen LogP contribution in [0.5, 0.6) is 5.75 Å². The van der Waals surface area contributed by atoms with Gasteiger partial charge in [0.05, 0.1) is 12.0 Å². The van der Waals surface area contributed by atoms with Crippen LogP contribution in [-0.4, -0.2) is 26.0 Å². The summed E-state index contributed by atoms with van der Waals surface area (Å²) < 4.78 is 5.08. The van der Waals surface area contributed by atoms with Crippen molar-refractivity contribution in [2.45, 2.75) is 0 Å². The minimum atomic E-state index is 0.287. The summed E-state index contributed by atoms with van der Waals surface area (Å²) in [6.45, 7) is 2.03. The molecular weight excluding hydrogens is 210 g/mol. The Balaban J connectivity index is 1.75. The second-order valence-electron chi connectivity index (χ2n) is 4.23. The summed E-state index contributed by atoms with van der Waals surface area (Å²) in [6.07, 6.45) is 0. The highest BCUT2D eigenvalue weighted by Gasteiger charge is 2.56. The van der Waals surface area contributed by atoms with Gasteiger partial charge in [-0.05, 0) is 24.9 Å². The Kier molecular flexibility index (Phi) is 2.07. The molecule has 1 saturated carbocycles. The number of thiophene rings is 1. The Bertz CT molecular complexity index is 391. The fourth-order valence-corrected chi connectivity index (χ4v) is 3.37. The van der Waals surface area contributed by atoms with Crippen LogP contribution >= 0.6 is 11.3 Å². The van der Waals surface area contributed by atoms with Gasteiger partial charge in [-0.2, -0.15) is 0 Å². The number of ketones is 1. The second kappa shape index (κ2) is 3.32. The van der Waals surface area contributed by atoms with Gasteiger partial charge in [-0.3, -0.25) is 4.79 Å². The maximum absolute atomic E-state index is 12.1. The molecule has 0 aromatic carbocycles. The molecule has 0 spiro atoms. The van der Waals surface area contributed by atoms with E-state index in [1.165, 1.54) is 11.3 Å². The zero-order valence-electron chi connectivity index (χ0n) is 8.53. The van der Waals surface area contributed by atoms with E-state index >= 15 is 0 Å². The largest absolute Gasteiger partial charge is 0.496 e. The quantitative estimate of drug-likeness (QED) is 0.787. The number of nitrogens with one attached hydrogen (secondary N) is 1. The van der Waals surface area contributed by atoms with E-state index in [-0.39, 0.29) is 5.92 Å². The van der Waals surface area contributed by atoms with Gasteiger partial charge in [0.2, 0.25) is 0 Å². The predicted octanol–water partition coefficient (Wildman–Crippen LogP) is 1.40. The van der Waals surface area contributed by atoms with Crippen LogP contribution in [0.15, 0.2) is 11.4 Å². The van der Waals surface area contributed by atoms with Crippen molar-refractivity contribution in [2.24, 2.45) is 17.8 Å². The van der Waals surface area contributed by atoms with E-state index in [1.54, 1.807) is 7.11 Å². The van der Waals surface area contributed by atoms with Crippen molar-refractivity contribution in [3.8, 4) is 5.75 Å². The van der Waals surface area contributed by atoms with Crippen LogP contribution in [0.25, 0.3) is 0 Å². The molecule has 2 atom stereocenters. The highest BCUT2D eigenvalue weighted by Crippen LogP contribution is 2.50. The summed E-state index contributed by atoms with van der Waals surface area (Å²) in [7, 11) is 1.63. The Morgan fingerprint density at radius 3 is 2.87 bits per heavy atom. The van der Waals surface area contributed by atoms with Crippen molar-refractivity contribution in [3.63, 3.8) is 0 Å². The van der Waals surface area contributed by atoms with Gasteiger partial charge >= 0.3 is 0 Å². The van der Waals surface area contributed by atoms with E-state index in [0.717, 1.165) is 23.7 Å². The molecule has 2 heterocycles. The molecule has 15 heavy (non-hydrogen) atoms. The lowest BCUT2D eigenvalue weighted by Gasteiger charge is -2.01. The first-order chi connectivity index (χ1) is 7.31. The molecule has 3 nitrogen and oxygen atoms in total. The fraction of sp³-hybridized carbons (Fsp3) is 0.545. The first-order valence-electron chi connectivity index (χ1n) is 5.18. The molecule has 1 aromatic heterocycles. The van der Waals surface area contributed by atoms with Crippen LogP contribution in [0.3, 0.4) is 0 Å². The summed E-state index contributed by atoms with van der Waals surface area (Å²) in [5.41, 5.74) is 0. The molecule has 3 rings (SSSR count). The van der Waals surface area contributed by atoms with Gasteiger partial charge in [0, 0.05) is 17.4 Å². The molecule has 1 saturated heterocycles. The van der Waals surface area contributed by atoms with Crippen molar-refractivity contribution in [1.82, 2.24) is 5.32 Å². The molecule has 4 heteroatoms. The molecule has 0 radical (unpaired) electrons. The normalized spacial score (nSPS) is 32.5. The average Bonchev–Trinajstić information content (AvgIpc) is 2.73. The highest BCUT2D eigenvalue weighted by atomic mass is 32.1. The van der Waals surface area contributed by atoms with Gasteiger partial charge in [-0.25, -0.2) is 0 Å². The third-order valence-corrected chi connectivity index (χ3v) is 4.37. The van der Waals surface area contributed by atoms with Crippen molar-refractivity contribution in [3.05, 3.63) is 16.3 Å². The van der Waals surface area contributed by atoms with Crippen LogP contribution in [-0.2, 0) is 0 Å². The summed E-state index contributed by atoms with van der Waals surface area (Å²) in [4.78, 5) is 12.9. The standard InChI is InChI=1S/C11H13NO2S/c1-14-6-2-9(15-5-6)11(13)10-7-3-12-4-8(7)10/h2,5,7-8,10,12H,3-4H2,1H3. The lowest BCUT2D eigenvalue weighted by Crippen LogP contribution is -2.18. The molecule has 1 aliphatic carbocycles. The maximum Gasteiger partial charge on any atom is 0.176 e. The first kappa shape index (κ1) is 9.36. The van der Waals surface area contributed by atoms with E-state index in [0.29, 0.717) is 17.6 Å². The van der Waals surface area contributed by atoms with Crippen molar-refractivity contribution >= 4 is 17.1 Å². The number of hydrogen-bond donors (Lipinski definition) is 1. The molecule has 1 aliphatic heterocycles. The van der Waals surface area contributed by atoms with Gasteiger partial charge < -0.3 is 10.1 Å². The number of ether oxygens (including phenoxy) is 1. The monoisotopic (exact) mass is 223 g/mol. The number of Topliss-reactive ketones (excluding diaryl/α,β-unsaturated/α-hetero) is 1. The summed E-state index contributed by atoms with van der Waals surface area (Å²) >= 11 is 1.49. The van der Waals surface area contributed by atoms with Crippen LogP contribution in [0.2, 0.25) is 0 Å². The SMILES string of the molecule is COc1csc(C(=O)C2C3CNCC32)c1. The lowest BCUT2D eigenvalue weighted by atomic mass is 10.1. The molecule has 0 bridgehead atoms. The topological polar surface area (TPSA) is 38.3 Å². The van der Waals surface area contributed by atoms with Gasteiger partial charge in [0.15, 0.2) is 5.78 Å². The van der Waals surface area contributed by atoms with Crippen molar-refractivity contribution in [2.75, 3.05) is 20.2 Å². The summed E-state index contributed by atoms with van der Waals surface area (Å²) in [6, 6.07) is 1.86. The Labute approximate surface area is 92.4 Å². The molecule has 2 fully saturated rings. The van der Waals surface area contributed by atoms with Crippen LogP contribution in [0, 0.1) is 17.8 Å². The number of methoxy groups -OCH3 is 1. The number of rotatable bonds is 3. The summed E-state index contributed by atoms with van der Waals surface area (Å²) in [5, 5.41) is 5.19. The first-order valence-corrected chi connectivity index (χ1v) is 6.06. The minimum absolute atomic E-state index is 0.287. The van der Waals surface area contributed by atoms with Gasteiger partial charge in [-0.1, -0.05) is 0 Å². The van der Waals surface area contributed by atoms with E-state index in [2.05, 4.69) is 5.32 Å². The number of piperidine rings is 1. The van der Waals surface area contributed by atoms with Gasteiger partial charge in [0.1, 0.15) is 5.75 Å². The fourth-order valence-electron chi connectivity index (χ4n) is 2.53. The van der Waals surface area contributed by atoms with E-state index in [1.807, 2.05) is 11.4 Å². The lowest BCUT2D eigenvalue weighted by molar-refractivity contribution is 0.0956. The van der Waals surface area contributed by atoms with Crippen LogP contribution in [0.4, 0.5) is 0 Å². The van der Waals surface area contributed by atoms with Gasteiger partial charge in [0.25, 0.3) is 0 Å².